The van der Waals surface area contributed by atoms with Gasteiger partial charge in [0.05, 0.1) is 10.0 Å². The molecule has 35 heavy (non-hydrogen) atoms. The summed E-state index contributed by atoms with van der Waals surface area (Å²) in [4.78, 5) is 16.6. The van der Waals surface area contributed by atoms with Gasteiger partial charge in [-0.25, -0.2) is 0 Å². The molecule has 5 nitrogen and oxygen atoms in total. The first-order valence-corrected chi connectivity index (χ1v) is 13.0. The topological polar surface area (TPSA) is 53.0 Å². The van der Waals surface area contributed by atoms with Gasteiger partial charge in [-0.2, -0.15) is 0 Å². The van der Waals surface area contributed by atoms with Crippen LogP contribution in [0.5, 0.6) is 5.75 Å². The minimum atomic E-state index is -0.721. The van der Waals surface area contributed by atoms with Gasteiger partial charge in [0.15, 0.2) is 0 Å². The molecule has 2 saturated heterocycles. The number of halogens is 2. The Morgan fingerprint density at radius 2 is 1.71 bits per heavy atom. The van der Waals surface area contributed by atoms with Gasteiger partial charge in [-0.05, 0) is 75.7 Å². The van der Waals surface area contributed by atoms with E-state index >= 15 is 0 Å². The second-order valence-electron chi connectivity index (χ2n) is 9.63. The van der Waals surface area contributed by atoms with E-state index in [0.717, 1.165) is 75.3 Å². The maximum atomic E-state index is 11.9. The fourth-order valence-electron chi connectivity index (χ4n) is 5.17. The molecule has 186 valence electrons. The Labute approximate surface area is 242 Å². The number of carboxylic acids is 1. The third-order valence-corrected chi connectivity index (χ3v) is 8.18. The minimum absolute atomic E-state index is 0. The zero-order chi connectivity index (χ0) is 24.1. The predicted octanol–water partition coefficient (Wildman–Crippen LogP) is 2.67. The summed E-state index contributed by atoms with van der Waals surface area (Å²) in [7, 11) is 0. The summed E-state index contributed by atoms with van der Waals surface area (Å²) in [5, 5.41) is 10.9. The first-order chi connectivity index (χ1) is 16.4. The van der Waals surface area contributed by atoms with Crippen LogP contribution in [0.25, 0.3) is 0 Å². The molecule has 2 aliphatic heterocycles. The van der Waals surface area contributed by atoms with Crippen molar-refractivity contribution < 1.29 is 45.6 Å². The van der Waals surface area contributed by atoms with Crippen LogP contribution in [0.4, 0.5) is 0 Å². The zero-order valence-electron chi connectivity index (χ0n) is 21.8. The number of hydrogen-bond acceptors (Lipinski definition) is 4. The summed E-state index contributed by atoms with van der Waals surface area (Å²) < 4.78 is 6.24. The van der Waals surface area contributed by atoms with Crippen LogP contribution in [0.15, 0.2) is 42.5 Å². The molecule has 0 unspecified atom stereocenters. The third-order valence-electron chi connectivity index (χ3n) is 7.28. The molecule has 0 spiro atoms. The van der Waals surface area contributed by atoms with Gasteiger partial charge in [0.25, 0.3) is 0 Å². The number of piperidine rings is 2. The van der Waals surface area contributed by atoms with Crippen molar-refractivity contribution in [2.45, 2.75) is 51.2 Å². The molecule has 1 atom stereocenters. The fraction of sp³-hybridized carbons (Fsp3) is 0.519. The van der Waals surface area contributed by atoms with E-state index < -0.39 is 12.0 Å². The number of benzene rings is 2. The molecule has 2 aromatic carbocycles. The van der Waals surface area contributed by atoms with E-state index in [1.165, 1.54) is 0 Å². The molecule has 0 amide bonds. The van der Waals surface area contributed by atoms with Crippen LogP contribution < -0.4 is 34.3 Å². The number of likely N-dealkylation sites (tertiary alicyclic amines) is 2. The monoisotopic (exact) mass is 528 g/mol. The summed E-state index contributed by atoms with van der Waals surface area (Å²) in [5.74, 6) is 0.725. The normalized spacial score (nSPS) is 19.2. The molecule has 0 aromatic heterocycles. The van der Waals surface area contributed by atoms with E-state index in [-0.39, 0.29) is 37.1 Å². The van der Waals surface area contributed by atoms with Gasteiger partial charge in [-0.15, -0.1) is 0 Å². The molecule has 0 saturated carbocycles. The second-order valence-corrected chi connectivity index (χ2v) is 10.4. The van der Waals surface area contributed by atoms with Crippen LogP contribution in [0.2, 0.25) is 10.0 Å². The van der Waals surface area contributed by atoms with E-state index in [1.54, 1.807) is 6.07 Å². The first kappa shape index (κ1) is 28.8. The van der Waals surface area contributed by atoms with Gasteiger partial charge in [0.2, 0.25) is 0 Å². The number of carbonyl (C=O) groups is 1. The van der Waals surface area contributed by atoms with E-state index in [0.29, 0.717) is 22.4 Å². The number of ether oxygens (including phenoxy) is 1. The number of rotatable bonds is 8. The summed E-state index contributed by atoms with van der Waals surface area (Å²) >= 11 is 12.4. The maximum Gasteiger partial charge on any atom is 1.00 e. The molecule has 2 fully saturated rings. The van der Waals surface area contributed by atoms with Gasteiger partial charge in [-0.3, -0.25) is 9.69 Å². The molecule has 2 aromatic rings. The van der Waals surface area contributed by atoms with Crippen LogP contribution in [-0.4, -0.2) is 65.7 Å². The molecule has 1 N–H and O–H groups in total. The fourth-order valence-corrected chi connectivity index (χ4v) is 5.53. The average molecular weight is 529 g/mol. The van der Waals surface area contributed by atoms with Crippen molar-refractivity contribution in [2.75, 3.05) is 32.7 Å². The number of carboxylic acid groups (broad SMARTS) is 1. The van der Waals surface area contributed by atoms with E-state index in [1.807, 2.05) is 43.3 Å². The van der Waals surface area contributed by atoms with Crippen molar-refractivity contribution in [2.24, 2.45) is 5.92 Å². The average Bonchev–Trinajstić information content (AvgIpc) is 2.85. The molecular formula is C27H35Cl2N2NaO3. The van der Waals surface area contributed by atoms with Gasteiger partial charge in [0.1, 0.15) is 17.9 Å². The van der Waals surface area contributed by atoms with Gasteiger partial charge >= 0.3 is 35.5 Å². The van der Waals surface area contributed by atoms with E-state index in [9.17, 15) is 9.90 Å². The van der Waals surface area contributed by atoms with Crippen LogP contribution in [-0.2, 0) is 11.2 Å². The smallest absolute Gasteiger partial charge is 1.00 e. The Morgan fingerprint density at radius 3 is 2.34 bits per heavy atom. The Hall–Kier alpha value is -0.790. The summed E-state index contributed by atoms with van der Waals surface area (Å²) in [5.41, 5.74) is 1.98. The molecule has 4 rings (SSSR count). The van der Waals surface area contributed by atoms with E-state index in [4.69, 9.17) is 27.9 Å². The second kappa shape index (κ2) is 13.7. The Bertz CT molecular complexity index is 969. The van der Waals surface area contributed by atoms with Crippen LogP contribution in [0, 0.1) is 12.8 Å². The van der Waals surface area contributed by atoms with Gasteiger partial charge in [0, 0.05) is 25.2 Å². The van der Waals surface area contributed by atoms with Crippen molar-refractivity contribution in [3.05, 3.63) is 63.6 Å². The van der Waals surface area contributed by atoms with Crippen molar-refractivity contribution in [1.82, 2.24) is 9.80 Å². The maximum absolute atomic E-state index is 11.9. The quantitative estimate of drug-likeness (QED) is 0.534. The third kappa shape index (κ3) is 7.85. The van der Waals surface area contributed by atoms with Crippen molar-refractivity contribution in [3.8, 4) is 5.75 Å². The molecule has 0 bridgehead atoms. The van der Waals surface area contributed by atoms with E-state index in [2.05, 4.69) is 9.80 Å². The largest absolute Gasteiger partial charge is 1.00 e. The first-order valence-electron chi connectivity index (χ1n) is 12.2. The molecule has 8 heteroatoms. The molecular weight excluding hydrogens is 494 g/mol. The van der Waals surface area contributed by atoms with Crippen LogP contribution in [0.1, 0.15) is 38.2 Å². The minimum Gasteiger partial charge on any atom is -1.00 e. The molecule has 2 aliphatic rings. The Morgan fingerprint density at radius 1 is 1.06 bits per heavy atom. The number of aliphatic carboxylic acids is 1. The van der Waals surface area contributed by atoms with Gasteiger partial charge in [-0.1, -0.05) is 53.5 Å². The van der Waals surface area contributed by atoms with Crippen molar-refractivity contribution in [3.63, 3.8) is 0 Å². The van der Waals surface area contributed by atoms with Crippen LogP contribution >= 0.6 is 23.2 Å². The molecule has 2 heterocycles. The van der Waals surface area contributed by atoms with Crippen molar-refractivity contribution in [1.29, 1.82) is 0 Å². The summed E-state index contributed by atoms with van der Waals surface area (Å²) in [6.07, 6.45) is 4.86. The zero-order valence-corrected chi connectivity index (χ0v) is 24.3. The Kier molecular flexibility index (Phi) is 11.2. The number of nitrogens with zero attached hydrogens (tertiary/aromatic N) is 2. The summed E-state index contributed by atoms with van der Waals surface area (Å²) in [6, 6.07) is 13.2. The Balaban J connectivity index is 0.00000228. The van der Waals surface area contributed by atoms with Crippen LogP contribution in [0.3, 0.4) is 0 Å². The summed E-state index contributed by atoms with van der Waals surface area (Å²) in [6.45, 7) is 6.78. The standard InChI is InChI=1S/C27H34Cl2N2O3.Na.H/c1-19-25(8-7-23(28)26(19)29)34-22-11-13-30(14-12-22)18-21-9-15-31(16-10-21)24(27(32)33)17-20-5-3-2-4-6-20;;/h2-8,21-22,24H,9-18H2,1H3,(H,32,33);;/q;+1;-1/t24-;;/m0../s1. The molecule has 0 aliphatic carbocycles. The number of hydrogen-bond donors (Lipinski definition) is 1. The van der Waals surface area contributed by atoms with Gasteiger partial charge < -0.3 is 16.2 Å². The molecule has 0 radical (unpaired) electrons. The SMILES string of the molecule is Cc1c(OC2CCN(CC3CCN([C@@H](Cc4ccccc4)C(=O)O)CC3)CC2)ccc(Cl)c1Cl.[H-].[Na+]. The van der Waals surface area contributed by atoms with Crippen molar-refractivity contribution >= 4 is 29.2 Å². The predicted molar refractivity (Wildman–Crippen MR) is 138 cm³/mol.